The second kappa shape index (κ2) is 9.35. The van der Waals surface area contributed by atoms with Gasteiger partial charge in [0.2, 0.25) is 0 Å². The van der Waals surface area contributed by atoms with Crippen LogP contribution in [0.15, 0.2) is 36.8 Å². The number of nitrogens with zero attached hydrogens (tertiary/aromatic N) is 3. The monoisotopic (exact) mass is 416 g/mol. The molecule has 1 aliphatic rings. The molecule has 1 aliphatic heterocycles. The lowest BCUT2D eigenvalue weighted by molar-refractivity contribution is 0.460. The molecule has 1 N–H and O–H groups in total. The number of rotatable bonds is 6. The maximum Gasteiger partial charge on any atom is 0.158 e. The van der Waals surface area contributed by atoms with Crippen molar-refractivity contribution in [3.05, 3.63) is 64.6 Å². The van der Waals surface area contributed by atoms with Crippen molar-refractivity contribution in [2.75, 3.05) is 13.1 Å². The van der Waals surface area contributed by atoms with Gasteiger partial charge in [-0.25, -0.2) is 9.50 Å². The Kier molecular flexibility index (Phi) is 6.57. The number of fused-ring (bicyclic) bond motifs is 1. The lowest BCUT2D eigenvalue weighted by atomic mass is 9.81. The third-order valence-electron chi connectivity index (χ3n) is 6.67. The molecule has 0 amide bonds. The highest BCUT2D eigenvalue weighted by molar-refractivity contribution is 5.92. The molecule has 0 bridgehead atoms. The SMILES string of the molecule is CCC/C(=C(\c1cc(C2CCNCC2)ccc1C)C(C)C)c1cc(C)c2ncnn2c1. The van der Waals surface area contributed by atoms with Gasteiger partial charge in [0.25, 0.3) is 0 Å². The van der Waals surface area contributed by atoms with Crippen LogP contribution in [0.1, 0.15) is 80.2 Å². The number of allylic oxidation sites excluding steroid dienone is 2. The first-order valence-corrected chi connectivity index (χ1v) is 11.8. The molecule has 3 heterocycles. The van der Waals surface area contributed by atoms with Gasteiger partial charge in [-0.3, -0.25) is 0 Å². The molecule has 4 nitrogen and oxygen atoms in total. The quantitative estimate of drug-likeness (QED) is 0.522. The Morgan fingerprint density at radius 1 is 1.13 bits per heavy atom. The molecular weight excluding hydrogens is 380 g/mol. The normalized spacial score (nSPS) is 16.2. The van der Waals surface area contributed by atoms with Crippen molar-refractivity contribution >= 4 is 16.8 Å². The molecule has 31 heavy (non-hydrogen) atoms. The smallest absolute Gasteiger partial charge is 0.158 e. The molecule has 0 radical (unpaired) electrons. The zero-order chi connectivity index (χ0) is 22.0. The molecule has 0 atom stereocenters. The Morgan fingerprint density at radius 2 is 1.90 bits per heavy atom. The first kappa shape index (κ1) is 21.8. The van der Waals surface area contributed by atoms with E-state index in [0.717, 1.165) is 31.6 Å². The second-order valence-corrected chi connectivity index (χ2v) is 9.34. The van der Waals surface area contributed by atoms with Gasteiger partial charge in [-0.1, -0.05) is 45.4 Å². The van der Waals surface area contributed by atoms with Gasteiger partial charge in [-0.2, -0.15) is 5.10 Å². The van der Waals surface area contributed by atoms with Gasteiger partial charge >= 0.3 is 0 Å². The van der Waals surface area contributed by atoms with Crippen LogP contribution in [0.3, 0.4) is 0 Å². The Balaban J connectivity index is 1.89. The number of hydrogen-bond donors (Lipinski definition) is 1. The maximum atomic E-state index is 4.43. The number of piperidine rings is 1. The van der Waals surface area contributed by atoms with Gasteiger partial charge in [0.1, 0.15) is 6.33 Å². The summed E-state index contributed by atoms with van der Waals surface area (Å²) in [7, 11) is 0. The van der Waals surface area contributed by atoms with E-state index in [1.165, 1.54) is 51.8 Å². The summed E-state index contributed by atoms with van der Waals surface area (Å²) in [5, 5.41) is 7.93. The summed E-state index contributed by atoms with van der Waals surface area (Å²) in [5.74, 6) is 1.10. The Morgan fingerprint density at radius 3 is 2.61 bits per heavy atom. The summed E-state index contributed by atoms with van der Waals surface area (Å²) in [6, 6.07) is 9.49. The minimum Gasteiger partial charge on any atom is -0.317 e. The molecule has 0 saturated carbocycles. The van der Waals surface area contributed by atoms with E-state index in [1.54, 1.807) is 6.33 Å². The number of hydrogen-bond acceptors (Lipinski definition) is 3. The molecule has 3 aromatic rings. The van der Waals surface area contributed by atoms with Gasteiger partial charge in [0.05, 0.1) is 0 Å². The number of aryl methyl sites for hydroxylation is 2. The van der Waals surface area contributed by atoms with E-state index in [-0.39, 0.29) is 0 Å². The zero-order valence-corrected chi connectivity index (χ0v) is 19.7. The average molecular weight is 417 g/mol. The highest BCUT2D eigenvalue weighted by atomic mass is 15.3. The van der Waals surface area contributed by atoms with Crippen LogP contribution in [0.2, 0.25) is 0 Å². The number of nitrogens with one attached hydrogen (secondary N) is 1. The van der Waals surface area contributed by atoms with E-state index in [0.29, 0.717) is 11.8 Å². The summed E-state index contributed by atoms with van der Waals surface area (Å²) in [5.41, 5.74) is 10.6. The molecule has 2 aromatic heterocycles. The van der Waals surface area contributed by atoms with E-state index >= 15 is 0 Å². The standard InChI is InChI=1S/C27H36N4/c1-6-7-24(23-14-20(5)27-29-17-30-31(27)16-23)26(18(2)3)25-15-22(9-8-19(25)4)21-10-12-28-13-11-21/h8-9,14-18,21,28H,6-7,10-13H2,1-5H3/b26-24+. The van der Waals surface area contributed by atoms with Gasteiger partial charge in [0.15, 0.2) is 5.65 Å². The maximum absolute atomic E-state index is 4.43. The van der Waals surface area contributed by atoms with Crippen molar-refractivity contribution in [2.45, 2.75) is 66.2 Å². The molecular formula is C27H36N4. The summed E-state index contributed by atoms with van der Waals surface area (Å²) < 4.78 is 1.93. The lowest BCUT2D eigenvalue weighted by Gasteiger charge is -2.26. The number of pyridine rings is 1. The lowest BCUT2D eigenvalue weighted by Crippen LogP contribution is -2.26. The molecule has 4 rings (SSSR count). The Hall–Kier alpha value is -2.46. The fourth-order valence-corrected chi connectivity index (χ4v) is 5.10. The second-order valence-electron chi connectivity index (χ2n) is 9.34. The largest absolute Gasteiger partial charge is 0.317 e. The van der Waals surface area contributed by atoms with E-state index in [4.69, 9.17) is 0 Å². The number of aromatic nitrogens is 3. The topological polar surface area (TPSA) is 42.2 Å². The summed E-state index contributed by atoms with van der Waals surface area (Å²) in [6.07, 6.45) is 8.44. The Bertz CT molecular complexity index is 1080. The molecule has 4 heteroatoms. The van der Waals surface area contributed by atoms with Gasteiger partial charge in [0, 0.05) is 6.20 Å². The third kappa shape index (κ3) is 4.45. The van der Waals surface area contributed by atoms with Crippen LogP contribution in [0, 0.1) is 19.8 Å². The molecule has 0 aliphatic carbocycles. The van der Waals surface area contributed by atoms with Crippen molar-refractivity contribution in [1.29, 1.82) is 0 Å². The molecule has 0 spiro atoms. The van der Waals surface area contributed by atoms with Crippen molar-refractivity contribution in [2.24, 2.45) is 5.92 Å². The minimum atomic E-state index is 0.440. The van der Waals surface area contributed by atoms with Gasteiger partial charge < -0.3 is 5.32 Å². The minimum absolute atomic E-state index is 0.440. The van der Waals surface area contributed by atoms with Crippen LogP contribution in [0.4, 0.5) is 0 Å². The highest BCUT2D eigenvalue weighted by Crippen LogP contribution is 2.38. The molecule has 1 fully saturated rings. The van der Waals surface area contributed by atoms with Crippen LogP contribution in [-0.2, 0) is 0 Å². The Labute approximate surface area is 186 Å². The fraction of sp³-hybridized carbons (Fsp3) is 0.481. The van der Waals surface area contributed by atoms with E-state index in [2.05, 4.69) is 80.5 Å². The predicted molar refractivity (Wildman–Crippen MR) is 130 cm³/mol. The van der Waals surface area contributed by atoms with Crippen LogP contribution in [0.25, 0.3) is 16.8 Å². The number of benzene rings is 1. The molecule has 1 aromatic carbocycles. The first-order chi connectivity index (χ1) is 15.0. The van der Waals surface area contributed by atoms with E-state index in [9.17, 15) is 0 Å². The van der Waals surface area contributed by atoms with Crippen LogP contribution < -0.4 is 5.32 Å². The van der Waals surface area contributed by atoms with Crippen molar-refractivity contribution in [3.8, 4) is 0 Å². The summed E-state index contributed by atoms with van der Waals surface area (Å²) in [6.45, 7) is 13.6. The van der Waals surface area contributed by atoms with Crippen molar-refractivity contribution < 1.29 is 0 Å². The molecule has 0 unspecified atom stereocenters. The highest BCUT2D eigenvalue weighted by Gasteiger charge is 2.21. The van der Waals surface area contributed by atoms with E-state index in [1.807, 2.05) is 4.52 Å². The van der Waals surface area contributed by atoms with E-state index < -0.39 is 0 Å². The van der Waals surface area contributed by atoms with Gasteiger partial charge in [-0.05, 0) is 103 Å². The molecule has 164 valence electrons. The average Bonchev–Trinajstić information content (AvgIpc) is 3.24. The van der Waals surface area contributed by atoms with Crippen LogP contribution >= 0.6 is 0 Å². The van der Waals surface area contributed by atoms with Crippen molar-refractivity contribution in [3.63, 3.8) is 0 Å². The van der Waals surface area contributed by atoms with Crippen LogP contribution in [-0.4, -0.2) is 27.7 Å². The third-order valence-corrected chi connectivity index (χ3v) is 6.67. The fourth-order valence-electron chi connectivity index (χ4n) is 5.10. The summed E-state index contributed by atoms with van der Waals surface area (Å²) in [4.78, 5) is 4.41. The zero-order valence-electron chi connectivity index (χ0n) is 19.7. The van der Waals surface area contributed by atoms with Crippen molar-refractivity contribution in [1.82, 2.24) is 19.9 Å². The predicted octanol–water partition coefficient (Wildman–Crippen LogP) is 6.18. The first-order valence-electron chi connectivity index (χ1n) is 11.8. The van der Waals surface area contributed by atoms with Crippen LogP contribution in [0.5, 0.6) is 0 Å². The van der Waals surface area contributed by atoms with Gasteiger partial charge in [-0.15, -0.1) is 0 Å². The summed E-state index contributed by atoms with van der Waals surface area (Å²) >= 11 is 0. The molecule has 1 saturated heterocycles.